The molecule has 0 saturated carbocycles. The summed E-state index contributed by atoms with van der Waals surface area (Å²) in [5.74, 6) is -0.352. The lowest BCUT2D eigenvalue weighted by molar-refractivity contribution is 0.111. The van der Waals surface area contributed by atoms with Gasteiger partial charge in [0.15, 0.2) is 0 Å². The first-order chi connectivity index (χ1) is 5.56. The first kappa shape index (κ1) is 8.94. The molecule has 0 aliphatic carbocycles. The van der Waals surface area contributed by atoms with Crippen LogP contribution in [-0.4, -0.2) is 5.11 Å². The largest absolute Gasteiger partial charge is 0.381 e. The predicted molar refractivity (Wildman–Crippen MR) is 46.2 cm³/mol. The summed E-state index contributed by atoms with van der Waals surface area (Å²) >= 11 is 0. The molecular weight excluding hydrogens is 155 g/mol. The van der Waals surface area contributed by atoms with Crippen LogP contribution in [0.15, 0.2) is 36.9 Å². The highest BCUT2D eigenvalue weighted by Gasteiger charge is 2.18. The quantitative estimate of drug-likeness (QED) is 0.668. The lowest BCUT2D eigenvalue weighted by atomic mass is 9.96. The fourth-order valence-corrected chi connectivity index (χ4v) is 0.921. The molecule has 0 radical (unpaired) electrons. The molecule has 1 unspecified atom stereocenters. The number of hydrogen-bond donors (Lipinski definition) is 1. The summed E-state index contributed by atoms with van der Waals surface area (Å²) in [7, 11) is 0. The Hall–Kier alpha value is -1.15. The minimum atomic E-state index is -1.15. The zero-order chi connectivity index (χ0) is 9.19. The minimum absolute atomic E-state index is 0.352. The van der Waals surface area contributed by atoms with Crippen molar-refractivity contribution in [3.8, 4) is 0 Å². The van der Waals surface area contributed by atoms with Crippen molar-refractivity contribution in [3.05, 3.63) is 48.3 Å². The average Bonchev–Trinajstić information content (AvgIpc) is 2.05. The summed E-state index contributed by atoms with van der Waals surface area (Å²) in [6, 6.07) is 5.84. The predicted octanol–water partition coefficient (Wildman–Crippen LogP) is 2.22. The van der Waals surface area contributed by atoms with E-state index in [2.05, 4.69) is 6.58 Å². The van der Waals surface area contributed by atoms with Crippen LogP contribution in [0.4, 0.5) is 4.39 Å². The highest BCUT2D eigenvalue weighted by molar-refractivity contribution is 5.26. The monoisotopic (exact) mass is 166 g/mol. The van der Waals surface area contributed by atoms with Gasteiger partial charge >= 0.3 is 0 Å². The van der Waals surface area contributed by atoms with E-state index in [0.717, 1.165) is 0 Å². The zero-order valence-electron chi connectivity index (χ0n) is 6.92. The van der Waals surface area contributed by atoms with Crippen molar-refractivity contribution < 1.29 is 9.50 Å². The van der Waals surface area contributed by atoms with E-state index < -0.39 is 5.60 Å². The molecule has 0 heterocycles. The molecule has 64 valence electrons. The first-order valence-electron chi connectivity index (χ1n) is 3.68. The van der Waals surface area contributed by atoms with Gasteiger partial charge in [-0.15, -0.1) is 0 Å². The lowest BCUT2D eigenvalue weighted by Crippen LogP contribution is -2.17. The molecule has 0 saturated heterocycles. The van der Waals surface area contributed by atoms with Gasteiger partial charge in [0.2, 0.25) is 0 Å². The molecule has 12 heavy (non-hydrogen) atoms. The summed E-state index contributed by atoms with van der Waals surface area (Å²) < 4.78 is 12.7. The van der Waals surface area contributed by atoms with Crippen LogP contribution in [0, 0.1) is 5.82 Å². The number of halogens is 1. The van der Waals surface area contributed by atoms with Crippen LogP contribution >= 0.6 is 0 Å². The molecule has 1 rings (SSSR count). The fourth-order valence-electron chi connectivity index (χ4n) is 0.921. The molecule has 1 aromatic rings. The van der Waals surface area contributed by atoms with Crippen molar-refractivity contribution in [2.75, 3.05) is 0 Å². The van der Waals surface area contributed by atoms with Crippen LogP contribution in [0.5, 0.6) is 0 Å². The lowest BCUT2D eigenvalue weighted by Gasteiger charge is -2.18. The van der Waals surface area contributed by atoms with Gasteiger partial charge in [0.25, 0.3) is 0 Å². The smallest absolute Gasteiger partial charge is 0.123 e. The van der Waals surface area contributed by atoms with E-state index in [1.54, 1.807) is 19.1 Å². The van der Waals surface area contributed by atoms with E-state index in [0.29, 0.717) is 5.56 Å². The Morgan fingerprint density at radius 2 is 2.25 bits per heavy atom. The maximum atomic E-state index is 12.7. The Kier molecular flexibility index (Phi) is 2.29. The SMILES string of the molecule is C=CC(C)(O)c1cccc(F)c1. The third-order valence-corrected chi connectivity index (χ3v) is 1.81. The third-order valence-electron chi connectivity index (χ3n) is 1.81. The van der Waals surface area contributed by atoms with Gasteiger partial charge in [-0.2, -0.15) is 0 Å². The van der Waals surface area contributed by atoms with Crippen molar-refractivity contribution in [1.29, 1.82) is 0 Å². The second-order valence-electron chi connectivity index (χ2n) is 2.86. The second kappa shape index (κ2) is 3.07. The summed E-state index contributed by atoms with van der Waals surface area (Å²) in [5.41, 5.74) is -0.639. The van der Waals surface area contributed by atoms with Crippen LogP contribution in [-0.2, 0) is 5.60 Å². The molecule has 0 aliphatic rings. The van der Waals surface area contributed by atoms with Crippen molar-refractivity contribution in [2.45, 2.75) is 12.5 Å². The molecule has 1 nitrogen and oxygen atoms in total. The number of hydrogen-bond acceptors (Lipinski definition) is 1. The summed E-state index contributed by atoms with van der Waals surface area (Å²) in [4.78, 5) is 0. The molecule has 1 aromatic carbocycles. The normalized spacial score (nSPS) is 15.2. The average molecular weight is 166 g/mol. The van der Waals surface area contributed by atoms with Gasteiger partial charge in [0.05, 0.1) is 0 Å². The molecule has 1 N–H and O–H groups in total. The van der Waals surface area contributed by atoms with Gasteiger partial charge in [0, 0.05) is 0 Å². The highest BCUT2D eigenvalue weighted by atomic mass is 19.1. The van der Waals surface area contributed by atoms with Gasteiger partial charge in [-0.1, -0.05) is 24.8 Å². The van der Waals surface area contributed by atoms with Gasteiger partial charge in [-0.25, -0.2) is 4.39 Å². The number of aliphatic hydroxyl groups is 1. The Bertz CT molecular complexity index is 292. The first-order valence-corrected chi connectivity index (χ1v) is 3.68. The van der Waals surface area contributed by atoms with Gasteiger partial charge in [-0.3, -0.25) is 0 Å². The van der Waals surface area contributed by atoms with E-state index in [4.69, 9.17) is 0 Å². The summed E-state index contributed by atoms with van der Waals surface area (Å²) in [5, 5.41) is 9.63. The van der Waals surface area contributed by atoms with E-state index in [1.807, 2.05) is 0 Å². The Labute approximate surface area is 71.2 Å². The molecule has 0 amide bonds. The molecule has 0 aliphatic heterocycles. The van der Waals surface area contributed by atoms with Gasteiger partial charge in [0.1, 0.15) is 11.4 Å². The molecule has 0 fully saturated rings. The number of rotatable bonds is 2. The molecule has 1 atom stereocenters. The van der Waals surface area contributed by atoms with Crippen molar-refractivity contribution in [3.63, 3.8) is 0 Å². The fraction of sp³-hybridized carbons (Fsp3) is 0.200. The topological polar surface area (TPSA) is 20.2 Å². The van der Waals surface area contributed by atoms with E-state index in [9.17, 15) is 9.50 Å². The van der Waals surface area contributed by atoms with Gasteiger partial charge in [-0.05, 0) is 24.6 Å². The van der Waals surface area contributed by atoms with E-state index >= 15 is 0 Å². The Balaban J connectivity index is 3.11. The standard InChI is InChI=1S/C10H11FO/c1-3-10(2,12)8-5-4-6-9(11)7-8/h3-7,12H,1H2,2H3. The third kappa shape index (κ3) is 1.71. The maximum absolute atomic E-state index is 12.7. The molecule has 0 bridgehead atoms. The zero-order valence-corrected chi connectivity index (χ0v) is 6.92. The molecule has 0 aromatic heterocycles. The summed E-state index contributed by atoms with van der Waals surface area (Å²) in [6.07, 6.45) is 1.38. The van der Waals surface area contributed by atoms with Crippen LogP contribution in [0.1, 0.15) is 12.5 Å². The highest BCUT2D eigenvalue weighted by Crippen LogP contribution is 2.21. The summed E-state index contributed by atoms with van der Waals surface area (Å²) in [6.45, 7) is 5.03. The van der Waals surface area contributed by atoms with Crippen molar-refractivity contribution in [1.82, 2.24) is 0 Å². The molecular formula is C10H11FO. The Morgan fingerprint density at radius 3 is 2.75 bits per heavy atom. The van der Waals surface area contributed by atoms with Crippen molar-refractivity contribution in [2.24, 2.45) is 0 Å². The van der Waals surface area contributed by atoms with Crippen LogP contribution in [0.3, 0.4) is 0 Å². The number of benzene rings is 1. The van der Waals surface area contributed by atoms with E-state index in [1.165, 1.54) is 18.2 Å². The van der Waals surface area contributed by atoms with Crippen LogP contribution in [0.25, 0.3) is 0 Å². The van der Waals surface area contributed by atoms with Crippen LogP contribution < -0.4 is 0 Å². The minimum Gasteiger partial charge on any atom is -0.381 e. The van der Waals surface area contributed by atoms with Crippen LogP contribution in [0.2, 0.25) is 0 Å². The Morgan fingerprint density at radius 1 is 1.58 bits per heavy atom. The maximum Gasteiger partial charge on any atom is 0.123 e. The molecule has 0 spiro atoms. The van der Waals surface area contributed by atoms with E-state index in [-0.39, 0.29) is 5.82 Å². The second-order valence-corrected chi connectivity index (χ2v) is 2.86. The van der Waals surface area contributed by atoms with Crippen molar-refractivity contribution >= 4 is 0 Å². The van der Waals surface area contributed by atoms with Gasteiger partial charge < -0.3 is 5.11 Å². The molecule has 2 heteroatoms.